The minimum Gasteiger partial charge on any atom is -0.368 e. The molecule has 2 fully saturated rings. The maximum absolute atomic E-state index is 10.7. The van der Waals surface area contributed by atoms with Crippen LogP contribution in [0.1, 0.15) is 42.5 Å². The Morgan fingerprint density at radius 3 is 2.59 bits per heavy atom. The molecular weight excluding hydrogens is 210 g/mol. The molecule has 2 unspecified atom stereocenters. The molecule has 0 bridgehead atoms. The van der Waals surface area contributed by atoms with E-state index in [-0.39, 0.29) is 0 Å². The van der Waals surface area contributed by atoms with E-state index >= 15 is 0 Å². The molecule has 3 rings (SSSR count). The number of aldehydes is 1. The summed E-state index contributed by atoms with van der Waals surface area (Å²) >= 11 is 0. The van der Waals surface area contributed by atoms with Gasteiger partial charge in [0.15, 0.2) is 0 Å². The largest absolute Gasteiger partial charge is 0.368 e. The van der Waals surface area contributed by atoms with Crippen LogP contribution >= 0.6 is 0 Å². The minimum absolute atomic E-state index is 0.755. The minimum atomic E-state index is 0.755. The van der Waals surface area contributed by atoms with Crippen LogP contribution in [-0.4, -0.2) is 18.9 Å². The predicted octanol–water partition coefficient (Wildman–Crippen LogP) is 3.27. The van der Waals surface area contributed by atoms with Crippen LogP contribution in [0.2, 0.25) is 0 Å². The molecule has 1 heterocycles. The second-order valence-electron chi connectivity index (χ2n) is 5.30. The molecule has 0 N–H and O–H groups in total. The molecule has 1 saturated carbocycles. The SMILES string of the molecule is O=Cc1ccc(N2CCC3CCCCC32)cc1. The fourth-order valence-corrected chi connectivity index (χ4v) is 3.47. The molecule has 2 aliphatic rings. The van der Waals surface area contributed by atoms with Gasteiger partial charge in [-0.05, 0) is 49.4 Å². The monoisotopic (exact) mass is 229 g/mol. The number of anilines is 1. The van der Waals surface area contributed by atoms with Gasteiger partial charge < -0.3 is 4.90 Å². The van der Waals surface area contributed by atoms with E-state index in [0.717, 1.165) is 23.8 Å². The number of carbonyl (C=O) groups excluding carboxylic acids is 1. The van der Waals surface area contributed by atoms with Crippen LogP contribution in [0.4, 0.5) is 5.69 Å². The zero-order chi connectivity index (χ0) is 11.7. The van der Waals surface area contributed by atoms with E-state index < -0.39 is 0 Å². The van der Waals surface area contributed by atoms with Crippen LogP contribution in [0, 0.1) is 5.92 Å². The van der Waals surface area contributed by atoms with E-state index in [1.165, 1.54) is 44.3 Å². The van der Waals surface area contributed by atoms with Crippen molar-refractivity contribution in [2.75, 3.05) is 11.4 Å². The van der Waals surface area contributed by atoms with Crippen molar-refractivity contribution in [1.29, 1.82) is 0 Å². The second kappa shape index (κ2) is 4.52. The van der Waals surface area contributed by atoms with Crippen LogP contribution in [0.15, 0.2) is 24.3 Å². The molecule has 0 amide bonds. The highest BCUT2D eigenvalue weighted by atomic mass is 16.1. The summed E-state index contributed by atoms with van der Waals surface area (Å²) in [5, 5.41) is 0. The van der Waals surface area contributed by atoms with Gasteiger partial charge in [-0.2, -0.15) is 0 Å². The van der Waals surface area contributed by atoms with Crippen molar-refractivity contribution >= 4 is 12.0 Å². The number of fused-ring (bicyclic) bond motifs is 1. The van der Waals surface area contributed by atoms with Gasteiger partial charge in [0, 0.05) is 23.8 Å². The number of nitrogens with zero attached hydrogens (tertiary/aromatic N) is 1. The second-order valence-corrected chi connectivity index (χ2v) is 5.30. The van der Waals surface area contributed by atoms with E-state index in [2.05, 4.69) is 17.0 Å². The Hall–Kier alpha value is -1.31. The lowest BCUT2D eigenvalue weighted by molar-refractivity contribution is 0.112. The first-order valence-corrected chi connectivity index (χ1v) is 6.70. The van der Waals surface area contributed by atoms with Crippen molar-refractivity contribution < 1.29 is 4.79 Å². The van der Waals surface area contributed by atoms with E-state index in [9.17, 15) is 4.79 Å². The van der Waals surface area contributed by atoms with Gasteiger partial charge in [0.1, 0.15) is 6.29 Å². The molecule has 1 saturated heterocycles. The third kappa shape index (κ3) is 1.97. The highest BCUT2D eigenvalue weighted by molar-refractivity contribution is 5.75. The lowest BCUT2D eigenvalue weighted by Gasteiger charge is -2.33. The molecule has 17 heavy (non-hydrogen) atoms. The molecule has 1 aliphatic carbocycles. The van der Waals surface area contributed by atoms with Crippen LogP contribution in [0.3, 0.4) is 0 Å². The van der Waals surface area contributed by atoms with Gasteiger partial charge in [0.25, 0.3) is 0 Å². The Labute approximate surface area is 103 Å². The maximum Gasteiger partial charge on any atom is 0.150 e. The van der Waals surface area contributed by atoms with Crippen LogP contribution in [0.25, 0.3) is 0 Å². The summed E-state index contributed by atoms with van der Waals surface area (Å²) in [7, 11) is 0. The van der Waals surface area contributed by atoms with Gasteiger partial charge in [0.2, 0.25) is 0 Å². The zero-order valence-corrected chi connectivity index (χ0v) is 10.1. The summed E-state index contributed by atoms with van der Waals surface area (Å²) in [6.45, 7) is 1.19. The molecule has 0 spiro atoms. The molecule has 1 aromatic rings. The molecule has 1 aliphatic heterocycles. The first-order valence-electron chi connectivity index (χ1n) is 6.70. The summed E-state index contributed by atoms with van der Waals surface area (Å²) in [4.78, 5) is 13.2. The average Bonchev–Trinajstić information content (AvgIpc) is 2.83. The first kappa shape index (κ1) is 10.8. The van der Waals surface area contributed by atoms with Crippen molar-refractivity contribution in [2.45, 2.75) is 38.1 Å². The van der Waals surface area contributed by atoms with Gasteiger partial charge >= 0.3 is 0 Å². The van der Waals surface area contributed by atoms with Crippen molar-refractivity contribution in [3.8, 4) is 0 Å². The zero-order valence-electron chi connectivity index (χ0n) is 10.1. The number of hydrogen-bond acceptors (Lipinski definition) is 2. The number of benzene rings is 1. The summed E-state index contributed by atoms with van der Waals surface area (Å²) in [6, 6.07) is 8.81. The van der Waals surface area contributed by atoms with Gasteiger partial charge in [-0.1, -0.05) is 12.8 Å². The highest BCUT2D eigenvalue weighted by Crippen LogP contribution is 2.38. The van der Waals surface area contributed by atoms with Gasteiger partial charge in [-0.25, -0.2) is 0 Å². The predicted molar refractivity (Wildman–Crippen MR) is 69.5 cm³/mol. The van der Waals surface area contributed by atoms with Crippen LogP contribution in [0.5, 0.6) is 0 Å². The number of rotatable bonds is 2. The lowest BCUT2D eigenvalue weighted by Crippen LogP contribution is -2.34. The topological polar surface area (TPSA) is 20.3 Å². The quantitative estimate of drug-likeness (QED) is 0.725. The Kier molecular flexibility index (Phi) is 2.87. The highest BCUT2D eigenvalue weighted by Gasteiger charge is 2.35. The van der Waals surface area contributed by atoms with E-state index in [0.29, 0.717) is 0 Å². The van der Waals surface area contributed by atoms with E-state index in [4.69, 9.17) is 0 Å². The van der Waals surface area contributed by atoms with E-state index in [1.54, 1.807) is 0 Å². The number of hydrogen-bond donors (Lipinski definition) is 0. The maximum atomic E-state index is 10.7. The summed E-state index contributed by atoms with van der Waals surface area (Å²) in [5.41, 5.74) is 2.07. The Bertz CT molecular complexity index is 398. The van der Waals surface area contributed by atoms with Crippen LogP contribution in [-0.2, 0) is 0 Å². The van der Waals surface area contributed by atoms with Crippen LogP contribution < -0.4 is 4.90 Å². The number of carbonyl (C=O) groups is 1. The normalized spacial score (nSPS) is 27.9. The van der Waals surface area contributed by atoms with Crippen molar-refractivity contribution in [3.63, 3.8) is 0 Å². The summed E-state index contributed by atoms with van der Waals surface area (Å²) < 4.78 is 0. The smallest absolute Gasteiger partial charge is 0.150 e. The lowest BCUT2D eigenvalue weighted by atomic mass is 9.85. The summed E-state index contributed by atoms with van der Waals surface area (Å²) in [5.74, 6) is 0.912. The third-order valence-corrected chi connectivity index (χ3v) is 4.37. The molecule has 1 aromatic carbocycles. The summed E-state index contributed by atoms with van der Waals surface area (Å²) in [6.07, 6.45) is 7.81. The third-order valence-electron chi connectivity index (χ3n) is 4.37. The fraction of sp³-hybridized carbons (Fsp3) is 0.533. The van der Waals surface area contributed by atoms with Gasteiger partial charge in [-0.3, -0.25) is 4.79 Å². The Balaban J connectivity index is 1.81. The van der Waals surface area contributed by atoms with Crippen molar-refractivity contribution in [3.05, 3.63) is 29.8 Å². The van der Waals surface area contributed by atoms with Crippen molar-refractivity contribution in [2.24, 2.45) is 5.92 Å². The Morgan fingerprint density at radius 2 is 1.82 bits per heavy atom. The van der Waals surface area contributed by atoms with Gasteiger partial charge in [-0.15, -0.1) is 0 Å². The fourth-order valence-electron chi connectivity index (χ4n) is 3.47. The molecule has 2 atom stereocenters. The molecule has 0 aromatic heterocycles. The van der Waals surface area contributed by atoms with Gasteiger partial charge in [0.05, 0.1) is 0 Å². The first-order chi connectivity index (χ1) is 8.38. The molecule has 0 radical (unpaired) electrons. The van der Waals surface area contributed by atoms with Crippen molar-refractivity contribution in [1.82, 2.24) is 0 Å². The standard InChI is InChI=1S/C15H19NO/c17-11-12-5-7-14(8-6-12)16-10-9-13-3-1-2-4-15(13)16/h5-8,11,13,15H,1-4,9-10H2. The molecule has 2 heteroatoms. The Morgan fingerprint density at radius 1 is 1.06 bits per heavy atom. The van der Waals surface area contributed by atoms with E-state index in [1.807, 2.05) is 12.1 Å². The molecule has 2 nitrogen and oxygen atoms in total. The molecule has 90 valence electrons. The molecular formula is C15H19NO. The average molecular weight is 229 g/mol.